The molecule has 156 valence electrons. The van der Waals surface area contributed by atoms with Crippen molar-refractivity contribution in [2.24, 2.45) is 17.8 Å². The first-order valence-electron chi connectivity index (χ1n) is 10.5. The highest BCUT2D eigenvalue weighted by Crippen LogP contribution is 2.48. The van der Waals surface area contributed by atoms with E-state index in [1.54, 1.807) is 25.6 Å². The molecule has 1 aromatic carbocycles. The van der Waals surface area contributed by atoms with Crippen LogP contribution in [0.5, 0.6) is 5.75 Å². The van der Waals surface area contributed by atoms with Crippen molar-refractivity contribution in [3.63, 3.8) is 0 Å². The van der Waals surface area contributed by atoms with Crippen LogP contribution in [0.1, 0.15) is 36.3 Å². The molecular weight excluding hydrogens is 378 g/mol. The van der Waals surface area contributed by atoms with Crippen molar-refractivity contribution < 1.29 is 14.6 Å². The number of aliphatic hydroxyl groups is 1. The molecule has 2 fully saturated rings. The second-order valence-corrected chi connectivity index (χ2v) is 8.44. The number of fused-ring (bicyclic) bond motifs is 1. The molecule has 30 heavy (non-hydrogen) atoms. The van der Waals surface area contributed by atoms with Crippen molar-refractivity contribution >= 4 is 5.78 Å². The van der Waals surface area contributed by atoms with Crippen LogP contribution in [-0.4, -0.2) is 41.7 Å². The van der Waals surface area contributed by atoms with Crippen LogP contribution in [-0.2, 0) is 4.79 Å². The summed E-state index contributed by atoms with van der Waals surface area (Å²) < 4.78 is 5.55. The predicted octanol–water partition coefficient (Wildman–Crippen LogP) is 2.68. The summed E-state index contributed by atoms with van der Waals surface area (Å²) in [5.74, 6) is -0.276. The molecule has 1 unspecified atom stereocenters. The first kappa shape index (κ1) is 20.5. The average Bonchev–Trinajstić information content (AvgIpc) is 3.25. The topological polar surface area (TPSA) is 95.2 Å². The molecule has 2 heterocycles. The molecule has 6 nitrogen and oxygen atoms in total. The smallest absolute Gasteiger partial charge is 0.176 e. The van der Waals surface area contributed by atoms with Crippen molar-refractivity contribution in [3.8, 4) is 11.8 Å². The lowest BCUT2D eigenvalue weighted by atomic mass is 9.61. The molecule has 5 atom stereocenters. The van der Waals surface area contributed by atoms with Gasteiger partial charge >= 0.3 is 0 Å². The van der Waals surface area contributed by atoms with Crippen molar-refractivity contribution in [2.45, 2.75) is 30.8 Å². The van der Waals surface area contributed by atoms with Gasteiger partial charge in [0.2, 0.25) is 0 Å². The Morgan fingerprint density at radius 3 is 2.93 bits per heavy atom. The summed E-state index contributed by atoms with van der Waals surface area (Å²) in [4.78, 5) is 18.4. The Hall–Kier alpha value is -2.75. The highest BCUT2D eigenvalue weighted by molar-refractivity contribution is 5.96. The normalized spacial score (nSPS) is 28.9. The fourth-order valence-corrected chi connectivity index (χ4v) is 5.38. The van der Waals surface area contributed by atoms with Gasteiger partial charge in [0.25, 0.3) is 0 Å². The van der Waals surface area contributed by atoms with E-state index in [-0.39, 0.29) is 23.5 Å². The summed E-state index contributed by atoms with van der Waals surface area (Å²) in [6.07, 6.45) is 4.88. The number of nitrogens with one attached hydrogen (secondary N) is 1. The molecule has 2 N–H and O–H groups in total. The summed E-state index contributed by atoms with van der Waals surface area (Å²) in [5, 5.41) is 24.5. The van der Waals surface area contributed by atoms with Crippen molar-refractivity contribution in [2.75, 3.05) is 20.2 Å². The summed E-state index contributed by atoms with van der Waals surface area (Å²) >= 11 is 0. The van der Waals surface area contributed by atoms with E-state index in [4.69, 9.17) is 4.74 Å². The van der Waals surface area contributed by atoms with Crippen LogP contribution in [0.4, 0.5) is 0 Å². The van der Waals surface area contributed by atoms with Gasteiger partial charge in [0, 0.05) is 36.8 Å². The van der Waals surface area contributed by atoms with E-state index in [2.05, 4.69) is 16.4 Å². The number of nitriles is 1. The molecule has 1 aliphatic carbocycles. The number of pyridine rings is 1. The Labute approximate surface area is 176 Å². The molecule has 0 bridgehead atoms. The van der Waals surface area contributed by atoms with E-state index in [0.717, 1.165) is 24.1 Å². The summed E-state index contributed by atoms with van der Waals surface area (Å²) in [7, 11) is 1.58. The van der Waals surface area contributed by atoms with E-state index in [0.29, 0.717) is 25.1 Å². The van der Waals surface area contributed by atoms with Gasteiger partial charge in [-0.25, -0.2) is 0 Å². The van der Waals surface area contributed by atoms with E-state index in [1.807, 2.05) is 30.3 Å². The van der Waals surface area contributed by atoms with Crippen LogP contribution >= 0.6 is 0 Å². The highest BCUT2D eigenvalue weighted by atomic mass is 16.5. The number of carbonyl (C=O) groups excluding carboxylic acids is 1. The van der Waals surface area contributed by atoms with Gasteiger partial charge in [-0.15, -0.1) is 0 Å². The molecule has 1 aromatic heterocycles. The molecule has 2 aromatic rings. The molecule has 6 heteroatoms. The molecule has 1 aliphatic heterocycles. The first-order valence-corrected chi connectivity index (χ1v) is 10.5. The third-order valence-corrected chi connectivity index (χ3v) is 6.73. The Bertz CT molecular complexity index is 942. The summed E-state index contributed by atoms with van der Waals surface area (Å²) in [5.41, 5.74) is -0.0587. The largest absolute Gasteiger partial charge is 0.496 e. The zero-order valence-electron chi connectivity index (χ0n) is 17.1. The number of hydrogen-bond acceptors (Lipinski definition) is 6. The number of rotatable bonds is 6. The van der Waals surface area contributed by atoms with Gasteiger partial charge in [-0.1, -0.05) is 24.3 Å². The second kappa shape index (κ2) is 8.55. The number of carbonyl (C=O) groups is 1. The minimum Gasteiger partial charge on any atom is -0.496 e. The van der Waals surface area contributed by atoms with Gasteiger partial charge in [0.1, 0.15) is 11.4 Å². The zero-order chi connectivity index (χ0) is 21.1. The fraction of sp³-hybridized carbons (Fsp3) is 0.458. The molecule has 0 spiro atoms. The Morgan fingerprint density at radius 1 is 1.37 bits per heavy atom. The molecule has 1 saturated heterocycles. The van der Waals surface area contributed by atoms with E-state index in [1.165, 1.54) is 0 Å². The predicted molar refractivity (Wildman–Crippen MR) is 112 cm³/mol. The average molecular weight is 405 g/mol. The maximum Gasteiger partial charge on any atom is 0.176 e. The van der Waals surface area contributed by atoms with Gasteiger partial charge in [0.05, 0.1) is 19.1 Å². The summed E-state index contributed by atoms with van der Waals surface area (Å²) in [6, 6.07) is 13.3. The van der Waals surface area contributed by atoms with Crippen molar-refractivity contribution in [3.05, 3.63) is 59.9 Å². The minimum atomic E-state index is -1.50. The van der Waals surface area contributed by atoms with Gasteiger partial charge in [-0.3, -0.25) is 9.78 Å². The molecule has 0 radical (unpaired) electrons. The SMILES string of the molecule is COc1ccccc1C(C(=O)[C@]1(O)C[C@H](CC#N)C[C@H]2CNC[C@H]21)c1cccnc1. The fourth-order valence-electron chi connectivity index (χ4n) is 5.38. The number of ether oxygens (including phenoxy) is 1. The van der Waals surface area contributed by atoms with Crippen LogP contribution in [0.25, 0.3) is 0 Å². The number of hydrogen-bond donors (Lipinski definition) is 2. The Kier molecular flexibility index (Phi) is 5.85. The van der Waals surface area contributed by atoms with E-state index >= 15 is 0 Å². The molecule has 1 saturated carbocycles. The lowest BCUT2D eigenvalue weighted by molar-refractivity contribution is -0.153. The lowest BCUT2D eigenvalue weighted by Crippen LogP contribution is -2.55. The molecule has 4 rings (SSSR count). The van der Waals surface area contributed by atoms with Crippen molar-refractivity contribution in [1.29, 1.82) is 5.26 Å². The van der Waals surface area contributed by atoms with Crippen LogP contribution in [0, 0.1) is 29.1 Å². The minimum absolute atomic E-state index is 0.0114. The van der Waals surface area contributed by atoms with Gasteiger partial charge < -0.3 is 15.2 Å². The van der Waals surface area contributed by atoms with Crippen LogP contribution < -0.4 is 10.1 Å². The Balaban J connectivity index is 1.80. The van der Waals surface area contributed by atoms with Gasteiger partial charge in [-0.2, -0.15) is 5.26 Å². The molecule has 2 aliphatic rings. The quantitative estimate of drug-likeness (QED) is 0.767. The summed E-state index contributed by atoms with van der Waals surface area (Å²) in [6.45, 7) is 1.38. The third kappa shape index (κ3) is 3.60. The monoisotopic (exact) mass is 405 g/mol. The zero-order valence-corrected chi connectivity index (χ0v) is 17.1. The number of benzene rings is 1. The lowest BCUT2D eigenvalue weighted by Gasteiger charge is -2.44. The molecule has 0 amide bonds. The van der Waals surface area contributed by atoms with E-state index < -0.39 is 11.5 Å². The van der Waals surface area contributed by atoms with Crippen LogP contribution in [0.2, 0.25) is 0 Å². The number of para-hydroxylation sites is 1. The number of Topliss-reactive ketones (excluding diaryl/α,β-unsaturated/α-hetero) is 1. The highest BCUT2D eigenvalue weighted by Gasteiger charge is 2.55. The van der Waals surface area contributed by atoms with Crippen LogP contribution in [0.3, 0.4) is 0 Å². The van der Waals surface area contributed by atoms with Crippen LogP contribution in [0.15, 0.2) is 48.8 Å². The third-order valence-electron chi connectivity index (χ3n) is 6.73. The standard InChI is InChI=1S/C24H27N3O3/c1-30-21-7-3-2-6-19(21)22(17-5-4-10-26-13-17)23(28)24(29)12-16(8-9-25)11-18-14-27-15-20(18)24/h2-7,10,13,16,18,20,22,27,29H,8,11-12,14-15H2,1H3/t16-,18+,20-,22?,24+/m1/s1. The number of methoxy groups -OCH3 is 1. The van der Waals surface area contributed by atoms with Crippen molar-refractivity contribution in [1.82, 2.24) is 10.3 Å². The Morgan fingerprint density at radius 2 is 2.20 bits per heavy atom. The van der Waals surface area contributed by atoms with E-state index in [9.17, 15) is 15.2 Å². The number of nitrogens with zero attached hydrogens (tertiary/aromatic N) is 2. The maximum atomic E-state index is 14.1. The number of ketones is 1. The van der Waals surface area contributed by atoms with Gasteiger partial charge in [-0.05, 0) is 48.9 Å². The number of aromatic nitrogens is 1. The molecular formula is C24H27N3O3. The first-order chi connectivity index (χ1) is 14.6. The van der Waals surface area contributed by atoms with Gasteiger partial charge in [0.15, 0.2) is 5.78 Å². The maximum absolute atomic E-state index is 14.1. The second-order valence-electron chi connectivity index (χ2n) is 8.44.